The number of aryl methyl sites for hydroxylation is 1. The molecule has 1 aliphatic carbocycles. The highest BCUT2D eigenvalue weighted by Gasteiger charge is 2.21. The standard InChI is InChI=1S/C17H19N5O2S/c1-11(10-20-22-15(23)6-7-18)8-16(24)21-17-13(9-19)12-4-2-3-5-14(12)25-17/h10,20H,2-6,8H2,1H3,(H,21,24)(H,22,23)/b11-10+. The first-order chi connectivity index (χ1) is 12.0. The number of hydrogen-bond donors (Lipinski definition) is 3. The van der Waals surface area contributed by atoms with E-state index in [2.05, 4.69) is 22.2 Å². The fourth-order valence-electron chi connectivity index (χ4n) is 2.60. The lowest BCUT2D eigenvalue weighted by molar-refractivity contribution is -0.120. The normalized spacial score (nSPS) is 13.2. The van der Waals surface area contributed by atoms with Crippen LogP contribution in [-0.4, -0.2) is 11.8 Å². The van der Waals surface area contributed by atoms with Gasteiger partial charge in [0.2, 0.25) is 5.91 Å². The molecule has 0 radical (unpaired) electrons. The van der Waals surface area contributed by atoms with Gasteiger partial charge < -0.3 is 10.7 Å². The Morgan fingerprint density at radius 2 is 2.00 bits per heavy atom. The molecule has 0 spiro atoms. The molecule has 8 heteroatoms. The summed E-state index contributed by atoms with van der Waals surface area (Å²) in [7, 11) is 0. The fraction of sp³-hybridized carbons (Fsp3) is 0.412. The first-order valence-electron chi connectivity index (χ1n) is 7.96. The Morgan fingerprint density at radius 1 is 1.24 bits per heavy atom. The van der Waals surface area contributed by atoms with Crippen LogP contribution in [0.1, 0.15) is 48.6 Å². The third-order valence-electron chi connectivity index (χ3n) is 3.75. The molecule has 0 bridgehead atoms. The summed E-state index contributed by atoms with van der Waals surface area (Å²) in [5.41, 5.74) is 7.27. The van der Waals surface area contributed by atoms with Gasteiger partial charge in [0.05, 0.1) is 11.6 Å². The monoisotopic (exact) mass is 357 g/mol. The van der Waals surface area contributed by atoms with E-state index in [4.69, 9.17) is 5.26 Å². The van der Waals surface area contributed by atoms with Crippen molar-refractivity contribution in [1.29, 1.82) is 10.5 Å². The maximum atomic E-state index is 12.2. The van der Waals surface area contributed by atoms with Gasteiger partial charge in [-0.25, -0.2) is 0 Å². The summed E-state index contributed by atoms with van der Waals surface area (Å²) in [6.45, 7) is 1.74. The zero-order chi connectivity index (χ0) is 18.2. The van der Waals surface area contributed by atoms with Gasteiger partial charge >= 0.3 is 0 Å². The molecule has 0 aliphatic heterocycles. The van der Waals surface area contributed by atoms with Crippen molar-refractivity contribution in [2.75, 3.05) is 5.32 Å². The predicted octanol–water partition coefficient (Wildman–Crippen LogP) is 2.27. The van der Waals surface area contributed by atoms with Crippen molar-refractivity contribution in [2.24, 2.45) is 0 Å². The lowest BCUT2D eigenvalue weighted by Crippen LogP contribution is -2.33. The van der Waals surface area contributed by atoms with E-state index in [0.29, 0.717) is 16.1 Å². The average Bonchev–Trinajstić information content (AvgIpc) is 2.91. The minimum atomic E-state index is -0.446. The van der Waals surface area contributed by atoms with Crippen molar-refractivity contribution in [3.8, 4) is 12.1 Å². The molecule has 25 heavy (non-hydrogen) atoms. The third kappa shape index (κ3) is 5.07. The first kappa shape index (κ1) is 18.5. The maximum Gasteiger partial charge on any atom is 0.252 e. The molecule has 1 aromatic rings. The number of carbonyl (C=O) groups excluding carboxylic acids is 2. The third-order valence-corrected chi connectivity index (χ3v) is 4.95. The SMILES string of the molecule is C/C(=C\NNC(=O)CC#N)CC(=O)Nc1sc2c(c1C#N)CCCC2. The Hall–Kier alpha value is -2.84. The molecular weight excluding hydrogens is 338 g/mol. The van der Waals surface area contributed by atoms with Crippen LogP contribution in [0.25, 0.3) is 0 Å². The number of nitrogens with one attached hydrogen (secondary N) is 3. The number of hydrogen-bond acceptors (Lipinski definition) is 6. The van der Waals surface area contributed by atoms with Crippen molar-refractivity contribution in [1.82, 2.24) is 10.9 Å². The number of nitriles is 2. The molecule has 2 amide bonds. The van der Waals surface area contributed by atoms with E-state index >= 15 is 0 Å². The summed E-state index contributed by atoms with van der Waals surface area (Å²) in [5, 5.41) is 21.2. The second-order valence-electron chi connectivity index (χ2n) is 5.77. The number of amides is 2. The van der Waals surface area contributed by atoms with E-state index in [1.807, 2.05) is 0 Å². The van der Waals surface area contributed by atoms with Crippen LogP contribution in [0.3, 0.4) is 0 Å². The number of thiophene rings is 1. The van der Waals surface area contributed by atoms with Crippen LogP contribution in [-0.2, 0) is 22.4 Å². The number of fused-ring (bicyclic) bond motifs is 1. The summed E-state index contributed by atoms with van der Waals surface area (Å²) >= 11 is 1.49. The average molecular weight is 357 g/mol. The molecule has 7 nitrogen and oxygen atoms in total. The number of hydrazine groups is 1. The van der Waals surface area contributed by atoms with E-state index in [9.17, 15) is 14.9 Å². The topological polar surface area (TPSA) is 118 Å². The zero-order valence-electron chi connectivity index (χ0n) is 13.9. The molecule has 1 aliphatic rings. The molecule has 0 saturated carbocycles. The summed E-state index contributed by atoms with van der Waals surface area (Å²) in [4.78, 5) is 24.5. The molecule has 0 atom stereocenters. The van der Waals surface area contributed by atoms with Crippen molar-refractivity contribution >= 4 is 28.2 Å². The van der Waals surface area contributed by atoms with Gasteiger partial charge in [-0.15, -0.1) is 11.3 Å². The quantitative estimate of drug-likeness (QED) is 0.675. The zero-order valence-corrected chi connectivity index (χ0v) is 14.8. The fourth-order valence-corrected chi connectivity index (χ4v) is 3.86. The van der Waals surface area contributed by atoms with Crippen molar-refractivity contribution in [3.05, 3.63) is 27.8 Å². The van der Waals surface area contributed by atoms with Crippen molar-refractivity contribution in [3.63, 3.8) is 0 Å². The molecule has 130 valence electrons. The Bertz CT molecular complexity index is 782. The van der Waals surface area contributed by atoms with E-state index in [0.717, 1.165) is 31.2 Å². The highest BCUT2D eigenvalue weighted by molar-refractivity contribution is 7.16. The maximum absolute atomic E-state index is 12.2. The molecule has 3 N–H and O–H groups in total. The Labute approximate surface area is 150 Å². The van der Waals surface area contributed by atoms with Crippen LogP contribution >= 0.6 is 11.3 Å². The minimum absolute atomic E-state index is 0.133. The molecule has 1 heterocycles. The number of anilines is 1. The van der Waals surface area contributed by atoms with Crippen LogP contribution in [0.4, 0.5) is 5.00 Å². The van der Waals surface area contributed by atoms with Crippen LogP contribution in [0.2, 0.25) is 0 Å². The van der Waals surface area contributed by atoms with Gasteiger partial charge in [0.1, 0.15) is 17.5 Å². The van der Waals surface area contributed by atoms with E-state index in [1.54, 1.807) is 13.0 Å². The van der Waals surface area contributed by atoms with E-state index in [1.165, 1.54) is 22.4 Å². The van der Waals surface area contributed by atoms with Gasteiger partial charge in [-0.05, 0) is 43.7 Å². The molecule has 0 saturated heterocycles. The largest absolute Gasteiger partial charge is 0.316 e. The summed E-state index contributed by atoms with van der Waals surface area (Å²) < 4.78 is 0. The summed E-state index contributed by atoms with van der Waals surface area (Å²) in [6, 6.07) is 3.95. The van der Waals surface area contributed by atoms with Gasteiger partial charge in [0.15, 0.2) is 0 Å². The van der Waals surface area contributed by atoms with Gasteiger partial charge in [-0.2, -0.15) is 10.5 Å². The van der Waals surface area contributed by atoms with Crippen LogP contribution < -0.4 is 16.2 Å². The van der Waals surface area contributed by atoms with Gasteiger partial charge in [0, 0.05) is 17.5 Å². The second kappa shape index (κ2) is 8.86. The molecule has 1 aromatic heterocycles. The molecule has 0 fully saturated rings. The molecular formula is C17H19N5O2S. The Kier molecular flexibility index (Phi) is 6.55. The lowest BCUT2D eigenvalue weighted by Gasteiger charge is -2.09. The lowest BCUT2D eigenvalue weighted by atomic mass is 9.96. The van der Waals surface area contributed by atoms with Gasteiger partial charge in [-0.1, -0.05) is 0 Å². The Balaban J connectivity index is 1.92. The van der Waals surface area contributed by atoms with Crippen molar-refractivity contribution < 1.29 is 9.59 Å². The molecule has 0 unspecified atom stereocenters. The number of carbonyl (C=O) groups is 2. The van der Waals surface area contributed by atoms with E-state index < -0.39 is 5.91 Å². The predicted molar refractivity (Wildman–Crippen MR) is 94.2 cm³/mol. The molecule has 0 aromatic carbocycles. The van der Waals surface area contributed by atoms with Crippen LogP contribution in [0, 0.1) is 22.7 Å². The second-order valence-corrected chi connectivity index (χ2v) is 6.88. The highest BCUT2D eigenvalue weighted by Crippen LogP contribution is 2.37. The van der Waals surface area contributed by atoms with Gasteiger partial charge in [0.25, 0.3) is 5.91 Å². The summed E-state index contributed by atoms with van der Waals surface area (Å²) in [5.74, 6) is -0.659. The smallest absolute Gasteiger partial charge is 0.252 e. The number of nitrogens with zero attached hydrogens (tertiary/aromatic N) is 2. The summed E-state index contributed by atoms with van der Waals surface area (Å²) in [6.07, 6.45) is 5.47. The van der Waals surface area contributed by atoms with Crippen molar-refractivity contribution in [2.45, 2.75) is 45.4 Å². The first-order valence-corrected chi connectivity index (χ1v) is 8.78. The molecule has 2 rings (SSSR count). The Morgan fingerprint density at radius 3 is 2.72 bits per heavy atom. The van der Waals surface area contributed by atoms with Crippen LogP contribution in [0.5, 0.6) is 0 Å². The van der Waals surface area contributed by atoms with Gasteiger partial charge in [-0.3, -0.25) is 15.0 Å². The minimum Gasteiger partial charge on any atom is -0.316 e. The highest BCUT2D eigenvalue weighted by atomic mass is 32.1. The number of rotatable bonds is 6. The van der Waals surface area contributed by atoms with Crippen LogP contribution in [0.15, 0.2) is 11.8 Å². The van der Waals surface area contributed by atoms with E-state index in [-0.39, 0.29) is 18.7 Å².